The lowest BCUT2D eigenvalue weighted by Gasteiger charge is -1.98. The predicted octanol–water partition coefficient (Wildman–Crippen LogP) is 4.43. The van der Waals surface area contributed by atoms with Gasteiger partial charge in [-0.2, -0.15) is 0 Å². The number of halogens is 1. The largest absolute Gasteiger partial charge is 0.0874 e. The summed E-state index contributed by atoms with van der Waals surface area (Å²) in [6.45, 7) is 8.21. The molecule has 0 spiro atoms. The van der Waals surface area contributed by atoms with Gasteiger partial charge in [0.2, 0.25) is 0 Å². The highest BCUT2D eigenvalue weighted by atomic mass is 35.5. The van der Waals surface area contributed by atoms with Crippen molar-refractivity contribution in [3.63, 3.8) is 0 Å². The first-order valence-electron chi connectivity index (χ1n) is 4.28. The van der Waals surface area contributed by atoms with Crippen molar-refractivity contribution in [3.05, 3.63) is 34.4 Å². The molecule has 0 unspecified atom stereocenters. The van der Waals surface area contributed by atoms with Gasteiger partial charge in [-0.3, -0.25) is 0 Å². The van der Waals surface area contributed by atoms with Crippen molar-refractivity contribution in [1.29, 1.82) is 0 Å². The Morgan fingerprint density at radius 2 is 1.92 bits per heavy atom. The average Bonchev–Trinajstić information content (AvgIpc) is 2.03. The molecule has 0 saturated carbocycles. The van der Waals surface area contributed by atoms with Crippen LogP contribution < -0.4 is 0 Å². The van der Waals surface area contributed by atoms with Crippen LogP contribution in [0.25, 0.3) is 0 Å². The van der Waals surface area contributed by atoms with Crippen molar-refractivity contribution in [3.8, 4) is 0 Å². The summed E-state index contributed by atoms with van der Waals surface area (Å²) >= 11 is 6.03. The quantitative estimate of drug-likeness (QED) is 0.570. The Hall–Kier alpha value is -0.490. The molecule has 0 aliphatic heterocycles. The van der Waals surface area contributed by atoms with Crippen LogP contribution in [0.2, 0.25) is 0 Å². The van der Waals surface area contributed by atoms with Gasteiger partial charge < -0.3 is 0 Å². The summed E-state index contributed by atoms with van der Waals surface area (Å²) in [5, 5.41) is 0.869. The summed E-state index contributed by atoms with van der Waals surface area (Å²) in [7, 11) is 0. The number of allylic oxidation sites excluding steroid dienone is 6. The first kappa shape index (κ1) is 11.5. The van der Waals surface area contributed by atoms with E-state index < -0.39 is 0 Å². The van der Waals surface area contributed by atoms with E-state index in [0.29, 0.717) is 0 Å². The monoisotopic (exact) mass is 184 g/mol. The molecular weight excluding hydrogens is 168 g/mol. The van der Waals surface area contributed by atoms with E-state index >= 15 is 0 Å². The van der Waals surface area contributed by atoms with Crippen molar-refractivity contribution < 1.29 is 0 Å². The van der Waals surface area contributed by atoms with E-state index in [1.165, 1.54) is 11.1 Å². The van der Waals surface area contributed by atoms with Crippen LogP contribution in [0.3, 0.4) is 0 Å². The molecule has 0 aliphatic rings. The number of hydrogen-bond acceptors (Lipinski definition) is 0. The van der Waals surface area contributed by atoms with Crippen LogP contribution in [0.15, 0.2) is 34.4 Å². The highest BCUT2D eigenvalue weighted by Crippen LogP contribution is 2.15. The van der Waals surface area contributed by atoms with Gasteiger partial charge in [-0.1, -0.05) is 36.2 Å². The van der Waals surface area contributed by atoms with E-state index in [-0.39, 0.29) is 0 Å². The van der Waals surface area contributed by atoms with Gasteiger partial charge in [0.1, 0.15) is 0 Å². The van der Waals surface area contributed by atoms with Crippen LogP contribution in [0.1, 0.15) is 34.1 Å². The van der Waals surface area contributed by atoms with Crippen LogP contribution in [-0.2, 0) is 0 Å². The van der Waals surface area contributed by atoms with E-state index in [1.807, 2.05) is 32.1 Å². The first-order chi connectivity index (χ1) is 5.61. The summed E-state index contributed by atoms with van der Waals surface area (Å²) < 4.78 is 0. The summed E-state index contributed by atoms with van der Waals surface area (Å²) in [6.07, 6.45) is 7.07. The van der Waals surface area contributed by atoms with Gasteiger partial charge in [0.25, 0.3) is 0 Å². The van der Waals surface area contributed by atoms with Gasteiger partial charge in [0.05, 0.1) is 0 Å². The maximum absolute atomic E-state index is 6.03. The minimum Gasteiger partial charge on any atom is -0.0874 e. The highest BCUT2D eigenvalue weighted by molar-refractivity contribution is 6.31. The van der Waals surface area contributed by atoms with Crippen molar-refractivity contribution >= 4 is 11.6 Å². The summed E-state index contributed by atoms with van der Waals surface area (Å²) in [5.41, 5.74) is 2.43. The van der Waals surface area contributed by atoms with E-state index in [0.717, 1.165) is 11.5 Å². The van der Waals surface area contributed by atoms with Gasteiger partial charge in [-0.25, -0.2) is 0 Å². The second kappa shape index (κ2) is 6.07. The fourth-order valence-corrected chi connectivity index (χ4v) is 1.11. The van der Waals surface area contributed by atoms with E-state index in [2.05, 4.69) is 13.8 Å². The first-order valence-corrected chi connectivity index (χ1v) is 4.65. The minimum absolute atomic E-state index is 0.869. The van der Waals surface area contributed by atoms with E-state index in [1.54, 1.807) is 0 Å². The third-order valence-electron chi connectivity index (χ3n) is 1.72. The molecule has 1 heteroatoms. The van der Waals surface area contributed by atoms with Crippen LogP contribution in [-0.4, -0.2) is 0 Å². The van der Waals surface area contributed by atoms with Crippen molar-refractivity contribution in [1.82, 2.24) is 0 Å². The topological polar surface area (TPSA) is 0 Å². The maximum Gasteiger partial charge on any atom is 0.0397 e. The molecule has 68 valence electrons. The molecule has 0 aliphatic carbocycles. The fourth-order valence-electron chi connectivity index (χ4n) is 0.803. The lowest BCUT2D eigenvalue weighted by molar-refractivity contribution is 1.09. The smallest absolute Gasteiger partial charge is 0.0397 e. The molecule has 0 saturated heterocycles. The maximum atomic E-state index is 6.03. The summed E-state index contributed by atoms with van der Waals surface area (Å²) in [4.78, 5) is 0. The molecule has 0 atom stereocenters. The normalized spacial score (nSPS) is 15.2. The zero-order valence-electron chi connectivity index (χ0n) is 8.32. The minimum atomic E-state index is 0.869. The number of rotatable bonds is 3. The summed E-state index contributed by atoms with van der Waals surface area (Å²) in [5.74, 6) is 0. The molecule has 12 heavy (non-hydrogen) atoms. The molecule has 0 amide bonds. The Balaban J connectivity index is 4.52. The second-order valence-electron chi connectivity index (χ2n) is 2.87. The Labute approximate surface area is 80.6 Å². The third kappa shape index (κ3) is 4.40. The fraction of sp³-hybridized carbons (Fsp3) is 0.455. The SMILES string of the molecule is C\C=C/C(C)=C\C(Cl)=C(/C)CC. The van der Waals surface area contributed by atoms with E-state index in [9.17, 15) is 0 Å². The van der Waals surface area contributed by atoms with Crippen molar-refractivity contribution in [2.24, 2.45) is 0 Å². The molecule has 0 aromatic heterocycles. The molecule has 0 heterocycles. The zero-order valence-corrected chi connectivity index (χ0v) is 9.07. The third-order valence-corrected chi connectivity index (χ3v) is 2.15. The Bertz CT molecular complexity index is 219. The Morgan fingerprint density at radius 3 is 2.33 bits per heavy atom. The second-order valence-corrected chi connectivity index (χ2v) is 3.28. The average molecular weight is 185 g/mol. The molecule has 0 bridgehead atoms. The molecule has 0 aromatic rings. The lowest BCUT2D eigenvalue weighted by Crippen LogP contribution is -1.77. The molecule has 0 N–H and O–H groups in total. The predicted molar refractivity (Wildman–Crippen MR) is 57.4 cm³/mol. The molecule has 0 aromatic carbocycles. The van der Waals surface area contributed by atoms with Gasteiger partial charge in [0.15, 0.2) is 0 Å². The molecule has 0 radical (unpaired) electrons. The van der Waals surface area contributed by atoms with Crippen LogP contribution in [0.4, 0.5) is 0 Å². The van der Waals surface area contributed by atoms with Gasteiger partial charge in [-0.15, -0.1) is 0 Å². The Morgan fingerprint density at radius 1 is 1.33 bits per heavy atom. The van der Waals surface area contributed by atoms with E-state index in [4.69, 9.17) is 11.6 Å². The molecule has 0 nitrogen and oxygen atoms in total. The molecule has 0 rings (SSSR count). The summed E-state index contributed by atoms with van der Waals surface area (Å²) in [6, 6.07) is 0. The standard InChI is InChI=1S/C11H17Cl/c1-5-7-9(3)8-11(12)10(4)6-2/h5,7-8H,6H2,1-4H3/b7-5-,9-8-,11-10-. The van der Waals surface area contributed by atoms with Crippen molar-refractivity contribution in [2.75, 3.05) is 0 Å². The molecular formula is C11H17Cl. The van der Waals surface area contributed by atoms with Crippen LogP contribution >= 0.6 is 11.6 Å². The highest BCUT2D eigenvalue weighted by Gasteiger charge is 1.92. The zero-order chi connectivity index (χ0) is 9.56. The Kier molecular flexibility index (Phi) is 5.83. The van der Waals surface area contributed by atoms with Gasteiger partial charge in [0, 0.05) is 5.03 Å². The molecule has 0 fully saturated rings. The lowest BCUT2D eigenvalue weighted by atomic mass is 10.2. The van der Waals surface area contributed by atoms with Gasteiger partial charge in [-0.05, 0) is 38.8 Å². The number of hydrogen-bond donors (Lipinski definition) is 0. The van der Waals surface area contributed by atoms with Crippen molar-refractivity contribution in [2.45, 2.75) is 34.1 Å². The van der Waals surface area contributed by atoms with Gasteiger partial charge >= 0.3 is 0 Å². The van der Waals surface area contributed by atoms with Crippen LogP contribution in [0.5, 0.6) is 0 Å². The van der Waals surface area contributed by atoms with Crippen LogP contribution in [0, 0.1) is 0 Å².